The standard InChI is InChI=1S/C17H22N2O2/c20-16-18-14-17(21-16)9-5-12-19(13-10-17)11-4-8-15-6-2-1-3-7-15/h1-4,6-8H,5,9-14H2,(H,18,20)/b8-4+. The number of carbonyl (C=O) groups is 1. The van der Waals surface area contributed by atoms with E-state index in [1.165, 1.54) is 5.56 Å². The third-order valence-electron chi connectivity index (χ3n) is 4.33. The van der Waals surface area contributed by atoms with Crippen LogP contribution in [-0.4, -0.2) is 42.8 Å². The Morgan fingerprint density at radius 3 is 2.86 bits per heavy atom. The van der Waals surface area contributed by atoms with Crippen LogP contribution in [0.15, 0.2) is 36.4 Å². The minimum Gasteiger partial charge on any atom is -0.441 e. The van der Waals surface area contributed by atoms with Crippen molar-refractivity contribution >= 4 is 12.2 Å². The van der Waals surface area contributed by atoms with Crippen LogP contribution >= 0.6 is 0 Å². The zero-order valence-electron chi connectivity index (χ0n) is 12.3. The molecule has 4 nitrogen and oxygen atoms in total. The smallest absolute Gasteiger partial charge is 0.407 e. The second-order valence-corrected chi connectivity index (χ2v) is 5.89. The fourth-order valence-corrected chi connectivity index (χ4v) is 3.09. The van der Waals surface area contributed by atoms with Gasteiger partial charge in [-0.05, 0) is 24.9 Å². The van der Waals surface area contributed by atoms with Crippen molar-refractivity contribution in [2.75, 3.05) is 26.2 Å². The number of likely N-dealkylation sites (tertiary alicyclic amines) is 1. The number of carbonyl (C=O) groups excluding carboxylic acids is 1. The SMILES string of the molecule is O=C1NCC2(CCCN(C/C=C/c3ccccc3)CC2)O1. The highest BCUT2D eigenvalue weighted by atomic mass is 16.6. The Bertz CT molecular complexity index is 515. The lowest BCUT2D eigenvalue weighted by Gasteiger charge is -2.24. The van der Waals surface area contributed by atoms with Crippen molar-refractivity contribution in [3.8, 4) is 0 Å². The highest BCUT2D eigenvalue weighted by Gasteiger charge is 2.41. The molecule has 4 heteroatoms. The summed E-state index contributed by atoms with van der Waals surface area (Å²) in [5.74, 6) is 0. The second-order valence-electron chi connectivity index (χ2n) is 5.89. The molecule has 2 aliphatic heterocycles. The molecule has 2 heterocycles. The molecule has 1 atom stereocenters. The first-order valence-corrected chi connectivity index (χ1v) is 7.67. The summed E-state index contributed by atoms with van der Waals surface area (Å²) >= 11 is 0. The summed E-state index contributed by atoms with van der Waals surface area (Å²) in [6, 6.07) is 10.4. The minimum atomic E-state index is -0.257. The van der Waals surface area contributed by atoms with Crippen LogP contribution in [0.4, 0.5) is 4.79 Å². The fraction of sp³-hybridized carbons (Fsp3) is 0.471. The number of alkyl carbamates (subject to hydrolysis) is 1. The van der Waals surface area contributed by atoms with E-state index in [9.17, 15) is 4.79 Å². The van der Waals surface area contributed by atoms with Gasteiger partial charge in [-0.25, -0.2) is 4.79 Å². The van der Waals surface area contributed by atoms with E-state index in [2.05, 4.69) is 46.6 Å². The number of hydrogen-bond donors (Lipinski definition) is 1. The summed E-state index contributed by atoms with van der Waals surface area (Å²) in [4.78, 5) is 13.7. The normalized spacial score (nSPS) is 26.8. The molecule has 0 radical (unpaired) electrons. The van der Waals surface area contributed by atoms with Gasteiger partial charge in [-0.2, -0.15) is 0 Å². The van der Waals surface area contributed by atoms with Crippen molar-refractivity contribution in [2.24, 2.45) is 0 Å². The number of ether oxygens (including phenoxy) is 1. The first kappa shape index (κ1) is 14.1. The van der Waals surface area contributed by atoms with E-state index < -0.39 is 0 Å². The van der Waals surface area contributed by atoms with Gasteiger partial charge >= 0.3 is 6.09 Å². The Balaban J connectivity index is 1.51. The molecule has 1 aromatic carbocycles. The molecule has 1 N–H and O–H groups in total. The number of nitrogens with one attached hydrogen (secondary N) is 1. The van der Waals surface area contributed by atoms with Crippen LogP contribution in [-0.2, 0) is 4.74 Å². The average Bonchev–Trinajstić information content (AvgIpc) is 2.75. The monoisotopic (exact) mass is 286 g/mol. The van der Waals surface area contributed by atoms with Gasteiger partial charge in [-0.3, -0.25) is 4.90 Å². The molecular formula is C17H22N2O2. The van der Waals surface area contributed by atoms with Crippen molar-refractivity contribution < 1.29 is 9.53 Å². The third-order valence-corrected chi connectivity index (χ3v) is 4.33. The van der Waals surface area contributed by atoms with Crippen LogP contribution < -0.4 is 5.32 Å². The number of rotatable bonds is 3. The summed E-state index contributed by atoms with van der Waals surface area (Å²) in [6.07, 6.45) is 7.08. The van der Waals surface area contributed by atoms with E-state index >= 15 is 0 Å². The van der Waals surface area contributed by atoms with Gasteiger partial charge in [-0.15, -0.1) is 0 Å². The molecule has 1 unspecified atom stereocenters. The molecule has 112 valence electrons. The van der Waals surface area contributed by atoms with Crippen LogP contribution in [0, 0.1) is 0 Å². The highest BCUT2D eigenvalue weighted by molar-refractivity contribution is 5.70. The van der Waals surface area contributed by atoms with Crippen molar-refractivity contribution in [3.05, 3.63) is 42.0 Å². The van der Waals surface area contributed by atoms with Gasteiger partial charge in [0.1, 0.15) is 5.60 Å². The molecular weight excluding hydrogens is 264 g/mol. The molecule has 2 aliphatic rings. The van der Waals surface area contributed by atoms with Crippen LogP contribution in [0.25, 0.3) is 6.08 Å². The highest BCUT2D eigenvalue weighted by Crippen LogP contribution is 2.29. The maximum absolute atomic E-state index is 11.3. The van der Waals surface area contributed by atoms with E-state index in [1.807, 2.05) is 6.07 Å². The Hall–Kier alpha value is -1.81. The quantitative estimate of drug-likeness (QED) is 0.929. The number of nitrogens with zero attached hydrogens (tertiary/aromatic N) is 1. The lowest BCUT2D eigenvalue weighted by molar-refractivity contribution is 0.0448. The predicted molar refractivity (Wildman–Crippen MR) is 83.0 cm³/mol. The first-order chi connectivity index (χ1) is 10.3. The topological polar surface area (TPSA) is 41.6 Å². The molecule has 1 spiro atoms. The molecule has 0 aromatic heterocycles. The van der Waals surface area contributed by atoms with Gasteiger partial charge in [0, 0.05) is 19.5 Å². The van der Waals surface area contributed by atoms with E-state index in [0.29, 0.717) is 6.54 Å². The Morgan fingerprint density at radius 2 is 2.10 bits per heavy atom. The lowest BCUT2D eigenvalue weighted by Crippen LogP contribution is -2.34. The summed E-state index contributed by atoms with van der Waals surface area (Å²) in [7, 11) is 0. The number of amides is 1. The maximum Gasteiger partial charge on any atom is 0.407 e. The molecule has 2 fully saturated rings. The van der Waals surface area contributed by atoms with Crippen molar-refractivity contribution in [1.82, 2.24) is 10.2 Å². The van der Waals surface area contributed by atoms with E-state index in [4.69, 9.17) is 4.74 Å². The molecule has 0 bridgehead atoms. The number of benzene rings is 1. The average molecular weight is 286 g/mol. The summed E-state index contributed by atoms with van der Waals surface area (Å²) in [5.41, 5.74) is 0.979. The fourth-order valence-electron chi connectivity index (χ4n) is 3.09. The molecule has 21 heavy (non-hydrogen) atoms. The Labute approximate surface area is 125 Å². The van der Waals surface area contributed by atoms with Gasteiger partial charge in [0.2, 0.25) is 0 Å². The zero-order chi connectivity index (χ0) is 14.5. The predicted octanol–water partition coefficient (Wildman–Crippen LogP) is 2.66. The molecule has 1 amide bonds. The van der Waals surface area contributed by atoms with Crippen LogP contribution in [0.3, 0.4) is 0 Å². The van der Waals surface area contributed by atoms with Crippen molar-refractivity contribution in [1.29, 1.82) is 0 Å². The minimum absolute atomic E-state index is 0.255. The van der Waals surface area contributed by atoms with Crippen molar-refractivity contribution in [3.63, 3.8) is 0 Å². The van der Waals surface area contributed by atoms with Crippen LogP contribution in [0.2, 0.25) is 0 Å². The van der Waals surface area contributed by atoms with Gasteiger partial charge in [0.15, 0.2) is 0 Å². The summed E-state index contributed by atoms with van der Waals surface area (Å²) in [6.45, 7) is 3.67. The molecule has 0 saturated carbocycles. The van der Waals surface area contributed by atoms with Gasteiger partial charge in [0.05, 0.1) is 6.54 Å². The first-order valence-electron chi connectivity index (χ1n) is 7.67. The maximum atomic E-state index is 11.3. The Morgan fingerprint density at radius 1 is 1.24 bits per heavy atom. The molecule has 0 aliphatic carbocycles. The Kier molecular flexibility index (Phi) is 4.25. The molecule has 3 rings (SSSR count). The summed E-state index contributed by atoms with van der Waals surface area (Å²) in [5, 5.41) is 2.79. The van der Waals surface area contributed by atoms with E-state index in [0.717, 1.165) is 38.9 Å². The van der Waals surface area contributed by atoms with Crippen LogP contribution in [0.1, 0.15) is 24.8 Å². The molecule has 2 saturated heterocycles. The van der Waals surface area contributed by atoms with Gasteiger partial charge in [0.25, 0.3) is 0 Å². The third kappa shape index (κ3) is 3.64. The summed E-state index contributed by atoms with van der Waals surface area (Å²) < 4.78 is 5.50. The van der Waals surface area contributed by atoms with Gasteiger partial charge < -0.3 is 10.1 Å². The molecule has 1 aromatic rings. The van der Waals surface area contributed by atoms with E-state index in [-0.39, 0.29) is 11.7 Å². The largest absolute Gasteiger partial charge is 0.441 e. The number of hydrogen-bond acceptors (Lipinski definition) is 3. The van der Waals surface area contributed by atoms with Crippen LogP contribution in [0.5, 0.6) is 0 Å². The van der Waals surface area contributed by atoms with E-state index in [1.54, 1.807) is 0 Å². The van der Waals surface area contributed by atoms with Gasteiger partial charge in [-0.1, -0.05) is 42.5 Å². The van der Waals surface area contributed by atoms with Crippen molar-refractivity contribution in [2.45, 2.75) is 24.9 Å². The lowest BCUT2D eigenvalue weighted by atomic mass is 9.95. The zero-order valence-corrected chi connectivity index (χ0v) is 12.3. The second kappa shape index (κ2) is 6.31.